The van der Waals surface area contributed by atoms with Crippen LogP contribution in [0.4, 0.5) is 0 Å². The normalized spacial score (nSPS) is 17.1. The molecule has 2 aromatic carbocycles. The molecule has 1 N–H and O–H groups in total. The van der Waals surface area contributed by atoms with Gasteiger partial charge < -0.3 is 15.0 Å². The predicted molar refractivity (Wildman–Crippen MR) is 117 cm³/mol. The number of hydrogen-bond acceptors (Lipinski definition) is 3. The molecule has 0 spiro atoms. The number of nitrogens with zero attached hydrogens (tertiary/aromatic N) is 1. The van der Waals surface area contributed by atoms with Gasteiger partial charge in [0.25, 0.3) is 5.91 Å². The summed E-state index contributed by atoms with van der Waals surface area (Å²) in [6, 6.07) is 15.4. The third kappa shape index (κ3) is 5.67. The van der Waals surface area contributed by atoms with Crippen LogP contribution in [0.15, 0.2) is 53.0 Å². The highest BCUT2D eigenvalue weighted by atomic mass is 79.9. The van der Waals surface area contributed by atoms with Crippen molar-refractivity contribution in [3.8, 4) is 0 Å². The van der Waals surface area contributed by atoms with Crippen molar-refractivity contribution in [1.29, 1.82) is 0 Å². The number of hydrogen-bond donors (Lipinski definition) is 1. The smallest absolute Gasteiger partial charge is 0.251 e. The van der Waals surface area contributed by atoms with Crippen LogP contribution in [0.1, 0.15) is 48.4 Å². The summed E-state index contributed by atoms with van der Waals surface area (Å²) in [6.45, 7) is 7.86. The molecule has 29 heavy (non-hydrogen) atoms. The summed E-state index contributed by atoms with van der Waals surface area (Å²) in [5.41, 5.74) is 2.79. The maximum Gasteiger partial charge on any atom is 0.251 e. The van der Waals surface area contributed by atoms with Crippen LogP contribution in [0.2, 0.25) is 0 Å². The van der Waals surface area contributed by atoms with Crippen molar-refractivity contribution in [2.24, 2.45) is 0 Å². The summed E-state index contributed by atoms with van der Waals surface area (Å²) in [7, 11) is 0. The fourth-order valence-corrected chi connectivity index (χ4v) is 3.51. The molecular weight excluding hydrogens is 432 g/mol. The van der Waals surface area contributed by atoms with Gasteiger partial charge in [-0.05, 0) is 40.8 Å². The highest BCUT2D eigenvalue weighted by molar-refractivity contribution is 9.10. The first-order valence-corrected chi connectivity index (χ1v) is 10.6. The molecule has 1 aliphatic rings. The molecule has 2 aromatic rings. The van der Waals surface area contributed by atoms with Crippen LogP contribution in [-0.2, 0) is 14.9 Å². The second-order valence-corrected chi connectivity index (χ2v) is 9.18. The van der Waals surface area contributed by atoms with Gasteiger partial charge in [-0.1, -0.05) is 61.0 Å². The summed E-state index contributed by atoms with van der Waals surface area (Å²) >= 11 is 3.43. The van der Waals surface area contributed by atoms with E-state index in [9.17, 15) is 9.59 Å². The Hall–Kier alpha value is -2.18. The minimum atomic E-state index is -0.239. The zero-order valence-electron chi connectivity index (χ0n) is 17.1. The molecule has 1 unspecified atom stereocenters. The molecule has 1 atom stereocenters. The Morgan fingerprint density at radius 1 is 1.10 bits per heavy atom. The van der Waals surface area contributed by atoms with Crippen LogP contribution in [0, 0.1) is 0 Å². The Bertz CT molecular complexity index is 857. The fraction of sp³-hybridized carbons (Fsp3) is 0.391. The number of ether oxygens (including phenoxy) is 1. The van der Waals surface area contributed by atoms with Crippen molar-refractivity contribution in [1.82, 2.24) is 10.2 Å². The molecular formula is C23H27BrN2O3. The molecule has 5 nitrogen and oxygen atoms in total. The molecule has 6 heteroatoms. The average molecular weight is 459 g/mol. The van der Waals surface area contributed by atoms with E-state index in [0.717, 1.165) is 15.6 Å². The molecule has 2 amide bonds. The van der Waals surface area contributed by atoms with E-state index in [-0.39, 0.29) is 29.9 Å². The van der Waals surface area contributed by atoms with Gasteiger partial charge in [0, 0.05) is 16.6 Å². The molecule has 0 radical (unpaired) electrons. The second kappa shape index (κ2) is 9.09. The van der Waals surface area contributed by atoms with Crippen molar-refractivity contribution >= 4 is 27.7 Å². The number of rotatable bonds is 4. The Balaban J connectivity index is 1.54. The Kier molecular flexibility index (Phi) is 6.75. The quantitative estimate of drug-likeness (QED) is 0.750. The lowest BCUT2D eigenvalue weighted by Gasteiger charge is -2.33. The van der Waals surface area contributed by atoms with Crippen LogP contribution < -0.4 is 5.32 Å². The van der Waals surface area contributed by atoms with Gasteiger partial charge in [-0.25, -0.2) is 0 Å². The molecule has 1 saturated heterocycles. The van der Waals surface area contributed by atoms with E-state index >= 15 is 0 Å². The summed E-state index contributed by atoms with van der Waals surface area (Å²) in [6.07, 6.45) is -0.151. The van der Waals surface area contributed by atoms with Gasteiger partial charge in [-0.3, -0.25) is 9.59 Å². The average Bonchev–Trinajstić information content (AvgIpc) is 2.72. The zero-order valence-corrected chi connectivity index (χ0v) is 18.7. The van der Waals surface area contributed by atoms with E-state index in [4.69, 9.17) is 4.74 Å². The van der Waals surface area contributed by atoms with Crippen molar-refractivity contribution in [2.45, 2.75) is 32.3 Å². The number of carbonyl (C=O) groups excluding carboxylic acids is 2. The topological polar surface area (TPSA) is 58.6 Å². The van der Waals surface area contributed by atoms with Crippen molar-refractivity contribution in [3.63, 3.8) is 0 Å². The number of halogens is 1. The summed E-state index contributed by atoms with van der Waals surface area (Å²) in [4.78, 5) is 26.7. The van der Waals surface area contributed by atoms with Crippen molar-refractivity contribution < 1.29 is 14.3 Å². The SMILES string of the molecule is CC(C)(C)c1ccc(C(=O)NCC(=O)N2CCOC(c3ccc(Br)cc3)C2)cc1. The number of carbonyl (C=O) groups is 2. The van der Waals surface area contributed by atoms with E-state index in [1.807, 2.05) is 36.4 Å². The lowest BCUT2D eigenvalue weighted by molar-refractivity contribution is -0.137. The molecule has 0 saturated carbocycles. The molecule has 154 valence electrons. The molecule has 1 aliphatic heterocycles. The Labute approximate surface area is 180 Å². The minimum Gasteiger partial charge on any atom is -0.370 e. The van der Waals surface area contributed by atoms with Crippen molar-refractivity contribution in [3.05, 3.63) is 69.7 Å². The first-order valence-electron chi connectivity index (χ1n) is 9.77. The summed E-state index contributed by atoms with van der Waals surface area (Å²) in [5, 5.41) is 2.74. The monoisotopic (exact) mass is 458 g/mol. The Morgan fingerprint density at radius 2 is 1.76 bits per heavy atom. The van der Waals surface area contributed by atoms with Crippen molar-refractivity contribution in [2.75, 3.05) is 26.2 Å². The van der Waals surface area contributed by atoms with Gasteiger partial charge in [0.05, 0.1) is 19.7 Å². The predicted octanol–water partition coefficient (Wildman–Crippen LogP) is 4.08. The van der Waals surface area contributed by atoms with Crippen LogP contribution in [0.25, 0.3) is 0 Å². The minimum absolute atomic E-state index is 0.0209. The van der Waals surface area contributed by atoms with E-state index in [1.165, 1.54) is 0 Å². The molecule has 0 aliphatic carbocycles. The van der Waals surface area contributed by atoms with Crippen LogP contribution in [0.3, 0.4) is 0 Å². The molecule has 0 bridgehead atoms. The van der Waals surface area contributed by atoms with E-state index in [1.54, 1.807) is 17.0 Å². The fourth-order valence-electron chi connectivity index (χ4n) is 3.25. The van der Waals surface area contributed by atoms with E-state index in [0.29, 0.717) is 25.3 Å². The van der Waals surface area contributed by atoms with Gasteiger partial charge in [0.2, 0.25) is 5.91 Å². The van der Waals surface area contributed by atoms with Gasteiger partial charge >= 0.3 is 0 Å². The Morgan fingerprint density at radius 3 is 2.38 bits per heavy atom. The third-order valence-corrected chi connectivity index (χ3v) is 5.60. The number of benzene rings is 2. The van der Waals surface area contributed by atoms with Gasteiger partial charge in [0.1, 0.15) is 6.10 Å². The van der Waals surface area contributed by atoms with Crippen LogP contribution in [0.5, 0.6) is 0 Å². The maximum atomic E-state index is 12.6. The largest absolute Gasteiger partial charge is 0.370 e. The van der Waals surface area contributed by atoms with Crippen LogP contribution >= 0.6 is 15.9 Å². The highest BCUT2D eigenvalue weighted by Gasteiger charge is 2.25. The number of morpholine rings is 1. The number of amides is 2. The zero-order chi connectivity index (χ0) is 21.0. The highest BCUT2D eigenvalue weighted by Crippen LogP contribution is 2.24. The molecule has 1 heterocycles. The van der Waals surface area contributed by atoms with Gasteiger partial charge in [-0.2, -0.15) is 0 Å². The summed E-state index contributed by atoms with van der Waals surface area (Å²) in [5.74, 6) is -0.341. The second-order valence-electron chi connectivity index (χ2n) is 8.26. The summed E-state index contributed by atoms with van der Waals surface area (Å²) < 4.78 is 6.82. The lowest BCUT2D eigenvalue weighted by Crippen LogP contribution is -2.46. The van der Waals surface area contributed by atoms with Gasteiger partial charge in [0.15, 0.2) is 0 Å². The van der Waals surface area contributed by atoms with Crippen LogP contribution in [-0.4, -0.2) is 43.0 Å². The van der Waals surface area contributed by atoms with Gasteiger partial charge in [-0.15, -0.1) is 0 Å². The standard InChI is InChI=1S/C23H27BrN2O3/c1-23(2,3)18-8-4-17(5-9-18)22(28)25-14-21(27)26-12-13-29-20(15-26)16-6-10-19(24)11-7-16/h4-11,20H,12-15H2,1-3H3,(H,25,28). The third-order valence-electron chi connectivity index (χ3n) is 5.07. The molecule has 1 fully saturated rings. The first kappa shape index (κ1) is 21.5. The molecule has 3 rings (SSSR count). The van der Waals surface area contributed by atoms with E-state index in [2.05, 4.69) is 42.0 Å². The molecule has 0 aromatic heterocycles. The first-order chi connectivity index (χ1) is 13.7. The lowest BCUT2D eigenvalue weighted by atomic mass is 9.87. The van der Waals surface area contributed by atoms with E-state index < -0.39 is 0 Å². The number of nitrogens with one attached hydrogen (secondary N) is 1. The maximum absolute atomic E-state index is 12.6.